The van der Waals surface area contributed by atoms with E-state index in [2.05, 4.69) is 45.0 Å². The molecule has 2 rings (SSSR count). The summed E-state index contributed by atoms with van der Waals surface area (Å²) in [6.07, 6.45) is 1.71. The molecule has 2 heteroatoms. The molecule has 1 atom stereocenters. The summed E-state index contributed by atoms with van der Waals surface area (Å²) < 4.78 is 0. The maximum atomic E-state index is 11.9. The Morgan fingerprint density at radius 1 is 1.24 bits per heavy atom. The molecule has 1 unspecified atom stereocenters. The molecule has 1 aliphatic rings. The molecule has 17 heavy (non-hydrogen) atoms. The Balaban J connectivity index is 2.01. The van der Waals surface area contributed by atoms with Crippen LogP contribution in [-0.4, -0.2) is 22.9 Å². The first-order valence-electron chi connectivity index (χ1n) is 6.31. The summed E-state index contributed by atoms with van der Waals surface area (Å²) in [5.74, 6) is 0.780. The summed E-state index contributed by atoms with van der Waals surface area (Å²) in [5, 5.41) is 0. The van der Waals surface area contributed by atoms with E-state index in [-0.39, 0.29) is 5.54 Å². The average Bonchev–Trinajstić information content (AvgIpc) is 2.60. The third kappa shape index (κ3) is 2.87. The van der Waals surface area contributed by atoms with Crippen LogP contribution in [0.1, 0.15) is 32.8 Å². The Morgan fingerprint density at radius 2 is 1.88 bits per heavy atom. The highest BCUT2D eigenvalue weighted by atomic mass is 16.2. The number of hydrogen-bond acceptors (Lipinski definition) is 1. The fourth-order valence-corrected chi connectivity index (χ4v) is 2.51. The summed E-state index contributed by atoms with van der Waals surface area (Å²) >= 11 is 0. The standard InChI is InChI=1S/C15H21NO/c1-15(2,3)16-11-13(10-14(16)17)9-12-7-5-4-6-8-12/h4-8,13H,9-11H2,1-3H3. The van der Waals surface area contributed by atoms with Gasteiger partial charge in [0.25, 0.3) is 0 Å². The van der Waals surface area contributed by atoms with E-state index in [1.807, 2.05) is 11.0 Å². The van der Waals surface area contributed by atoms with E-state index in [0.29, 0.717) is 18.2 Å². The maximum Gasteiger partial charge on any atom is 0.223 e. The molecule has 0 bridgehead atoms. The number of likely N-dealkylation sites (tertiary alicyclic amines) is 1. The topological polar surface area (TPSA) is 20.3 Å². The minimum atomic E-state index is -0.0392. The monoisotopic (exact) mass is 231 g/mol. The number of carbonyl (C=O) groups excluding carboxylic acids is 1. The number of carbonyl (C=O) groups is 1. The van der Waals surface area contributed by atoms with Crippen LogP contribution in [-0.2, 0) is 11.2 Å². The van der Waals surface area contributed by atoms with E-state index >= 15 is 0 Å². The molecule has 0 aliphatic carbocycles. The SMILES string of the molecule is CC(C)(C)N1CC(Cc2ccccc2)CC1=O. The van der Waals surface area contributed by atoms with E-state index < -0.39 is 0 Å². The van der Waals surface area contributed by atoms with Crippen LogP contribution < -0.4 is 0 Å². The molecule has 1 aromatic rings. The smallest absolute Gasteiger partial charge is 0.223 e. The highest BCUT2D eigenvalue weighted by Crippen LogP contribution is 2.27. The van der Waals surface area contributed by atoms with E-state index in [1.165, 1.54) is 5.56 Å². The van der Waals surface area contributed by atoms with Gasteiger partial charge >= 0.3 is 0 Å². The van der Waals surface area contributed by atoms with Gasteiger partial charge in [-0.25, -0.2) is 0 Å². The average molecular weight is 231 g/mol. The van der Waals surface area contributed by atoms with Gasteiger partial charge in [-0.15, -0.1) is 0 Å². The van der Waals surface area contributed by atoms with Gasteiger partial charge in [-0.1, -0.05) is 30.3 Å². The lowest BCUT2D eigenvalue weighted by atomic mass is 9.98. The van der Waals surface area contributed by atoms with Crippen LogP contribution in [0.5, 0.6) is 0 Å². The highest BCUT2D eigenvalue weighted by molar-refractivity contribution is 5.79. The van der Waals surface area contributed by atoms with Crippen molar-refractivity contribution >= 4 is 5.91 Å². The van der Waals surface area contributed by atoms with Gasteiger partial charge in [0.2, 0.25) is 5.91 Å². The Kier molecular flexibility index (Phi) is 3.23. The molecule has 1 aliphatic heterocycles. The van der Waals surface area contributed by atoms with Gasteiger partial charge in [0.15, 0.2) is 0 Å². The molecule has 0 radical (unpaired) electrons. The molecule has 1 heterocycles. The zero-order valence-corrected chi connectivity index (χ0v) is 10.9. The van der Waals surface area contributed by atoms with E-state index in [4.69, 9.17) is 0 Å². The molecule has 1 fully saturated rings. The fraction of sp³-hybridized carbons (Fsp3) is 0.533. The number of rotatable bonds is 2. The Hall–Kier alpha value is -1.31. The first-order valence-corrected chi connectivity index (χ1v) is 6.31. The van der Waals surface area contributed by atoms with Crippen LogP contribution in [0.15, 0.2) is 30.3 Å². The lowest BCUT2D eigenvalue weighted by Gasteiger charge is -2.32. The Morgan fingerprint density at radius 3 is 2.41 bits per heavy atom. The van der Waals surface area contributed by atoms with Crippen LogP contribution >= 0.6 is 0 Å². The minimum absolute atomic E-state index is 0.0392. The van der Waals surface area contributed by atoms with Crippen LogP contribution in [0.25, 0.3) is 0 Å². The molecule has 1 aromatic carbocycles. The molecular weight excluding hydrogens is 210 g/mol. The summed E-state index contributed by atoms with van der Waals surface area (Å²) in [6, 6.07) is 10.4. The third-order valence-electron chi connectivity index (χ3n) is 3.38. The van der Waals surface area contributed by atoms with Gasteiger partial charge in [-0.2, -0.15) is 0 Å². The number of amides is 1. The zero-order valence-electron chi connectivity index (χ0n) is 10.9. The zero-order chi connectivity index (χ0) is 12.5. The molecule has 2 nitrogen and oxygen atoms in total. The normalized spacial score (nSPS) is 21.0. The highest BCUT2D eigenvalue weighted by Gasteiger charge is 2.35. The van der Waals surface area contributed by atoms with Crippen molar-refractivity contribution in [3.05, 3.63) is 35.9 Å². The summed E-state index contributed by atoms with van der Waals surface area (Å²) in [7, 11) is 0. The second-order valence-corrected chi connectivity index (χ2v) is 5.94. The molecule has 1 saturated heterocycles. The molecule has 1 amide bonds. The molecule has 92 valence electrons. The van der Waals surface area contributed by atoms with Gasteiger partial charge < -0.3 is 4.90 Å². The second kappa shape index (κ2) is 4.52. The van der Waals surface area contributed by atoms with Crippen molar-refractivity contribution < 1.29 is 4.79 Å². The first kappa shape index (κ1) is 12.2. The van der Waals surface area contributed by atoms with Crippen molar-refractivity contribution in [3.63, 3.8) is 0 Å². The lowest BCUT2D eigenvalue weighted by Crippen LogP contribution is -2.42. The lowest BCUT2D eigenvalue weighted by molar-refractivity contribution is -0.131. The van der Waals surface area contributed by atoms with Crippen molar-refractivity contribution in [3.8, 4) is 0 Å². The van der Waals surface area contributed by atoms with Crippen molar-refractivity contribution in [1.29, 1.82) is 0 Å². The van der Waals surface area contributed by atoms with Gasteiger partial charge in [0.05, 0.1) is 0 Å². The van der Waals surface area contributed by atoms with E-state index in [9.17, 15) is 4.79 Å². The van der Waals surface area contributed by atoms with Gasteiger partial charge in [-0.3, -0.25) is 4.79 Å². The van der Waals surface area contributed by atoms with E-state index in [1.54, 1.807) is 0 Å². The van der Waals surface area contributed by atoms with Crippen LogP contribution in [0.3, 0.4) is 0 Å². The van der Waals surface area contributed by atoms with Crippen molar-refractivity contribution in [2.45, 2.75) is 39.2 Å². The van der Waals surface area contributed by atoms with E-state index in [0.717, 1.165) is 13.0 Å². The second-order valence-electron chi connectivity index (χ2n) is 5.94. The van der Waals surface area contributed by atoms with Crippen LogP contribution in [0.4, 0.5) is 0 Å². The number of nitrogens with zero attached hydrogens (tertiary/aromatic N) is 1. The molecule has 0 saturated carbocycles. The third-order valence-corrected chi connectivity index (χ3v) is 3.38. The van der Waals surface area contributed by atoms with Gasteiger partial charge in [0.1, 0.15) is 0 Å². The molecular formula is C15H21NO. The first-order chi connectivity index (χ1) is 7.97. The van der Waals surface area contributed by atoms with Gasteiger partial charge in [0, 0.05) is 18.5 Å². The van der Waals surface area contributed by atoms with Crippen molar-refractivity contribution in [2.24, 2.45) is 5.92 Å². The minimum Gasteiger partial charge on any atom is -0.338 e. The molecule has 0 N–H and O–H groups in total. The number of benzene rings is 1. The fourth-order valence-electron chi connectivity index (χ4n) is 2.51. The molecule has 0 spiro atoms. The predicted octanol–water partition coefficient (Wildman–Crippen LogP) is 2.88. The quantitative estimate of drug-likeness (QED) is 0.766. The van der Waals surface area contributed by atoms with Crippen molar-refractivity contribution in [1.82, 2.24) is 4.90 Å². The van der Waals surface area contributed by atoms with Crippen LogP contribution in [0, 0.1) is 5.92 Å². The van der Waals surface area contributed by atoms with Crippen LogP contribution in [0.2, 0.25) is 0 Å². The van der Waals surface area contributed by atoms with Gasteiger partial charge in [-0.05, 0) is 38.7 Å². The maximum absolute atomic E-state index is 11.9. The van der Waals surface area contributed by atoms with Crippen molar-refractivity contribution in [2.75, 3.05) is 6.54 Å². The largest absolute Gasteiger partial charge is 0.338 e. The predicted molar refractivity (Wildman–Crippen MR) is 69.7 cm³/mol. The molecule has 0 aromatic heterocycles. The Labute approximate surface area is 104 Å². The number of hydrogen-bond donors (Lipinski definition) is 0. The Bertz CT molecular complexity index is 391. The summed E-state index contributed by atoms with van der Waals surface area (Å²) in [4.78, 5) is 14.0. The summed E-state index contributed by atoms with van der Waals surface area (Å²) in [6.45, 7) is 7.22. The summed E-state index contributed by atoms with van der Waals surface area (Å²) in [5.41, 5.74) is 1.30.